The zero-order chi connectivity index (χ0) is 42.6. The van der Waals surface area contributed by atoms with Gasteiger partial charge in [0.05, 0.1) is 0 Å². The molecular formula is C56H44Cl2O2SiZr. The van der Waals surface area contributed by atoms with Gasteiger partial charge in [0.1, 0.15) is 0 Å². The molecule has 0 saturated heterocycles. The molecule has 3 heterocycles. The number of furan rings is 2. The van der Waals surface area contributed by atoms with Crippen LogP contribution in [0.25, 0.3) is 66.0 Å². The molecule has 11 rings (SSSR count). The summed E-state index contributed by atoms with van der Waals surface area (Å²) in [5, 5.41) is 4.21. The third-order valence-electron chi connectivity index (χ3n) is 13.5. The van der Waals surface area contributed by atoms with E-state index in [0.29, 0.717) is 10.0 Å². The van der Waals surface area contributed by atoms with E-state index in [0.717, 1.165) is 34.2 Å². The van der Waals surface area contributed by atoms with Gasteiger partial charge in [-0.05, 0) is 0 Å². The standard InChI is InChI=1S/C56H44Cl2O2Si.Zr/c1-33-17-20-43-31-44(47-29-18-34(2)59-47)55(51(43)49(33)41-25-21-39(22-26-41)37-13-9-7-10-14-37)61(5,6)56-45(48-30-19-35(3)60-48)32-46-52(56)50(36(4)53(57)54(46)58)42-27-23-40(24-28-42)38-15-11-8-12-16-38;/h7-32H,1-6H3;. The topological polar surface area (TPSA) is 26.3 Å². The van der Waals surface area contributed by atoms with Gasteiger partial charge in [-0.2, -0.15) is 0 Å². The van der Waals surface area contributed by atoms with E-state index in [1.165, 1.54) is 88.3 Å². The Hall–Kier alpha value is -4.96. The molecule has 302 valence electrons. The van der Waals surface area contributed by atoms with Gasteiger partial charge in [0.25, 0.3) is 0 Å². The summed E-state index contributed by atoms with van der Waals surface area (Å²) in [4.78, 5) is 0. The average molecular weight is 939 g/mol. The summed E-state index contributed by atoms with van der Waals surface area (Å²) < 4.78 is 13.8. The zero-order valence-electron chi connectivity index (χ0n) is 35.6. The maximum absolute atomic E-state index is 7.70. The van der Waals surface area contributed by atoms with E-state index < -0.39 is 31.3 Å². The van der Waals surface area contributed by atoms with Crippen molar-refractivity contribution in [3.8, 4) is 44.5 Å². The van der Waals surface area contributed by atoms with Crippen molar-refractivity contribution < 1.29 is 32.1 Å². The number of benzene rings is 6. The Morgan fingerprint density at radius 2 is 0.919 bits per heavy atom. The molecule has 0 saturated carbocycles. The summed E-state index contributed by atoms with van der Waals surface area (Å²) in [5.74, 6) is 3.81. The predicted octanol–water partition coefficient (Wildman–Crippen LogP) is 16.6. The fraction of sp³-hybridized carbons (Fsp3) is 0.143. The van der Waals surface area contributed by atoms with Crippen LogP contribution in [0.3, 0.4) is 0 Å². The molecule has 2 aliphatic carbocycles. The minimum atomic E-state index is -2.80. The van der Waals surface area contributed by atoms with Crippen molar-refractivity contribution in [3.63, 3.8) is 0 Å². The Labute approximate surface area is 386 Å². The normalized spacial score (nSPS) is 17.2. The number of halogens is 2. The number of rotatable bonds is 6. The van der Waals surface area contributed by atoms with Crippen LogP contribution in [0.5, 0.6) is 0 Å². The van der Waals surface area contributed by atoms with Gasteiger partial charge >= 0.3 is 389 Å². The van der Waals surface area contributed by atoms with Gasteiger partial charge in [0, 0.05) is 0 Å². The van der Waals surface area contributed by atoms with E-state index >= 15 is 0 Å². The molecule has 1 aliphatic heterocycles. The van der Waals surface area contributed by atoms with Crippen molar-refractivity contribution >= 4 is 52.8 Å². The van der Waals surface area contributed by atoms with Crippen LogP contribution in [0, 0.1) is 27.7 Å². The third-order valence-corrected chi connectivity index (χ3v) is 22.5. The Morgan fingerprint density at radius 1 is 0.452 bits per heavy atom. The van der Waals surface area contributed by atoms with Gasteiger partial charge in [-0.1, -0.05) is 0 Å². The zero-order valence-corrected chi connectivity index (χ0v) is 40.6. The Kier molecular flexibility index (Phi) is 9.71. The number of fused-ring (bicyclic) bond motifs is 8. The molecule has 0 amide bonds. The van der Waals surface area contributed by atoms with Crippen molar-refractivity contribution in [2.75, 3.05) is 0 Å². The SMILES string of the molecule is Cc1ccc(C2=C3c4c(ccc(C)c4-c4ccc(-c5ccccc5)cc4)[CH]2[Zr][CH]2C(c4ccc(C)o4)=C(c4c(-c5ccc(-c6ccccc6)cc5)c(C)c(Cl)c(Cl)c42)[Si]3(C)C)o1. The molecule has 0 spiro atoms. The van der Waals surface area contributed by atoms with Crippen LogP contribution in [0.2, 0.25) is 23.1 Å². The molecule has 0 fully saturated rings. The first-order chi connectivity index (χ1) is 30.0. The van der Waals surface area contributed by atoms with Gasteiger partial charge in [0.15, 0.2) is 0 Å². The maximum atomic E-state index is 7.70. The van der Waals surface area contributed by atoms with E-state index in [9.17, 15) is 0 Å². The molecule has 2 atom stereocenters. The molecule has 0 radical (unpaired) electrons. The van der Waals surface area contributed by atoms with Gasteiger partial charge in [-0.3, -0.25) is 0 Å². The molecule has 62 heavy (non-hydrogen) atoms. The van der Waals surface area contributed by atoms with Crippen LogP contribution < -0.4 is 0 Å². The van der Waals surface area contributed by atoms with Gasteiger partial charge < -0.3 is 0 Å². The molecule has 8 aromatic rings. The average Bonchev–Trinajstić information content (AvgIpc) is 4.08. The minimum absolute atomic E-state index is 0.0901. The molecule has 2 unspecified atom stereocenters. The first-order valence-corrected chi connectivity index (χ1v) is 28.0. The molecule has 2 nitrogen and oxygen atoms in total. The van der Waals surface area contributed by atoms with Crippen molar-refractivity contribution in [2.24, 2.45) is 0 Å². The van der Waals surface area contributed by atoms with Crippen molar-refractivity contribution in [1.29, 1.82) is 0 Å². The molecule has 4 bridgehead atoms. The quantitative estimate of drug-likeness (QED) is 0.155. The summed E-state index contributed by atoms with van der Waals surface area (Å²) in [7, 11) is -2.80. The van der Waals surface area contributed by atoms with Crippen LogP contribution in [0.1, 0.15) is 63.7 Å². The van der Waals surface area contributed by atoms with Crippen molar-refractivity contribution in [2.45, 2.75) is 48.0 Å². The first-order valence-electron chi connectivity index (χ1n) is 21.4. The monoisotopic (exact) mass is 936 g/mol. The second-order valence-electron chi connectivity index (χ2n) is 17.6. The summed E-state index contributed by atoms with van der Waals surface area (Å²) >= 11 is 13.6. The fourth-order valence-corrected chi connectivity index (χ4v) is 21.3. The van der Waals surface area contributed by atoms with Crippen LogP contribution in [-0.2, 0) is 23.2 Å². The number of hydrogen-bond acceptors (Lipinski definition) is 2. The van der Waals surface area contributed by atoms with Crippen molar-refractivity contribution in [3.05, 3.63) is 212 Å². The van der Waals surface area contributed by atoms with Crippen LogP contribution in [-0.4, -0.2) is 8.07 Å². The van der Waals surface area contributed by atoms with Crippen LogP contribution in [0.15, 0.2) is 154 Å². The molecule has 0 N–H and O–H groups in total. The van der Waals surface area contributed by atoms with Crippen molar-refractivity contribution in [1.82, 2.24) is 0 Å². The van der Waals surface area contributed by atoms with Gasteiger partial charge in [-0.15, -0.1) is 0 Å². The molecule has 2 aromatic heterocycles. The second kappa shape index (κ2) is 15.1. The van der Waals surface area contributed by atoms with E-state index in [4.69, 9.17) is 32.0 Å². The van der Waals surface area contributed by atoms with Gasteiger partial charge in [-0.25, -0.2) is 0 Å². The van der Waals surface area contributed by atoms with E-state index in [1.807, 2.05) is 0 Å². The summed E-state index contributed by atoms with van der Waals surface area (Å²) in [6.45, 7) is 13.7. The summed E-state index contributed by atoms with van der Waals surface area (Å²) in [5.41, 5.74) is 20.1. The fourth-order valence-electron chi connectivity index (χ4n) is 10.7. The van der Waals surface area contributed by atoms with Crippen LogP contribution in [0.4, 0.5) is 0 Å². The predicted molar refractivity (Wildman–Crippen MR) is 258 cm³/mol. The van der Waals surface area contributed by atoms with E-state index in [-0.39, 0.29) is 7.25 Å². The number of hydrogen-bond donors (Lipinski definition) is 0. The molecule has 3 aliphatic rings. The molecule has 6 heteroatoms. The Morgan fingerprint density at radius 3 is 1.44 bits per heavy atom. The first kappa shape index (κ1) is 39.9. The third kappa shape index (κ3) is 6.12. The summed E-state index contributed by atoms with van der Waals surface area (Å²) in [6, 6.07) is 53.0. The van der Waals surface area contributed by atoms with Crippen LogP contribution >= 0.6 is 23.2 Å². The Bertz CT molecular complexity index is 3170. The molecular weight excluding hydrogens is 895 g/mol. The molecule has 6 aromatic carbocycles. The van der Waals surface area contributed by atoms with E-state index in [1.54, 1.807) is 0 Å². The number of allylic oxidation sites excluding steroid dienone is 2. The second-order valence-corrected chi connectivity index (χ2v) is 26.2. The van der Waals surface area contributed by atoms with E-state index in [2.05, 4.69) is 186 Å². The van der Waals surface area contributed by atoms with Gasteiger partial charge in [0.2, 0.25) is 0 Å². The Balaban J connectivity index is 1.21. The number of aryl methyl sites for hydroxylation is 3. The summed E-state index contributed by atoms with van der Waals surface area (Å²) in [6.07, 6.45) is 0.